The summed E-state index contributed by atoms with van der Waals surface area (Å²) in [4.78, 5) is 0. The molecule has 16 heavy (non-hydrogen) atoms. The van der Waals surface area contributed by atoms with Gasteiger partial charge in [0, 0.05) is 19.3 Å². The van der Waals surface area contributed by atoms with E-state index in [1.165, 1.54) is 44.3 Å². The molecule has 2 saturated carbocycles. The molecule has 0 saturated heterocycles. The van der Waals surface area contributed by atoms with Gasteiger partial charge in [-0.25, -0.2) is 0 Å². The zero-order valence-corrected chi connectivity index (χ0v) is 10.0. The van der Waals surface area contributed by atoms with Crippen molar-refractivity contribution in [3.8, 4) is 0 Å². The van der Waals surface area contributed by atoms with Gasteiger partial charge in [-0.2, -0.15) is 5.10 Å². The van der Waals surface area contributed by atoms with Gasteiger partial charge in [0.15, 0.2) is 0 Å². The molecular weight excluding hydrogens is 198 g/mol. The van der Waals surface area contributed by atoms with Gasteiger partial charge in [-0.3, -0.25) is 4.68 Å². The van der Waals surface area contributed by atoms with E-state index in [-0.39, 0.29) is 0 Å². The average molecular weight is 219 g/mol. The zero-order chi connectivity index (χ0) is 11.0. The van der Waals surface area contributed by atoms with E-state index in [2.05, 4.69) is 16.5 Å². The van der Waals surface area contributed by atoms with Crippen LogP contribution in [-0.4, -0.2) is 22.4 Å². The molecule has 0 aromatic carbocycles. The van der Waals surface area contributed by atoms with Crippen molar-refractivity contribution >= 4 is 0 Å². The number of rotatable bonds is 5. The molecule has 88 valence electrons. The van der Waals surface area contributed by atoms with Gasteiger partial charge in [-0.15, -0.1) is 0 Å². The fraction of sp³-hybridized carbons (Fsp3) is 0.769. The Bertz CT molecular complexity index is 354. The molecule has 2 aliphatic rings. The van der Waals surface area contributed by atoms with Crippen LogP contribution in [0.4, 0.5) is 0 Å². The smallest absolute Gasteiger partial charge is 0.0627 e. The van der Waals surface area contributed by atoms with Crippen LogP contribution in [0.25, 0.3) is 0 Å². The van der Waals surface area contributed by atoms with Crippen LogP contribution in [0.5, 0.6) is 0 Å². The van der Waals surface area contributed by atoms with Crippen molar-refractivity contribution in [2.24, 2.45) is 18.9 Å². The molecule has 1 aromatic rings. The standard InChI is InChI=1S/C13H21N3/c1-16-7-6-13(15-16)8-10-2-3-11(10)9-14-12-4-5-12/h6-7,10-12,14H,2-5,8-9H2,1H3. The van der Waals surface area contributed by atoms with Gasteiger partial charge in [0.05, 0.1) is 5.69 Å². The lowest BCUT2D eigenvalue weighted by Gasteiger charge is -2.36. The van der Waals surface area contributed by atoms with Crippen molar-refractivity contribution in [1.82, 2.24) is 15.1 Å². The van der Waals surface area contributed by atoms with E-state index in [0.29, 0.717) is 0 Å². The Morgan fingerprint density at radius 2 is 2.12 bits per heavy atom. The monoisotopic (exact) mass is 219 g/mol. The Balaban J connectivity index is 1.47. The first kappa shape index (κ1) is 10.3. The van der Waals surface area contributed by atoms with Crippen molar-refractivity contribution < 1.29 is 0 Å². The topological polar surface area (TPSA) is 29.9 Å². The van der Waals surface area contributed by atoms with Gasteiger partial charge in [-0.1, -0.05) is 0 Å². The van der Waals surface area contributed by atoms with Gasteiger partial charge >= 0.3 is 0 Å². The summed E-state index contributed by atoms with van der Waals surface area (Å²) in [5.74, 6) is 1.78. The predicted molar refractivity (Wildman–Crippen MR) is 64.2 cm³/mol. The van der Waals surface area contributed by atoms with Crippen molar-refractivity contribution in [1.29, 1.82) is 0 Å². The van der Waals surface area contributed by atoms with Crippen LogP contribution in [-0.2, 0) is 13.5 Å². The number of hydrogen-bond donors (Lipinski definition) is 1. The van der Waals surface area contributed by atoms with E-state index >= 15 is 0 Å². The van der Waals surface area contributed by atoms with Gasteiger partial charge in [0.1, 0.15) is 0 Å². The molecule has 1 heterocycles. The number of nitrogens with one attached hydrogen (secondary N) is 1. The van der Waals surface area contributed by atoms with Crippen LogP contribution >= 0.6 is 0 Å². The first-order chi connectivity index (χ1) is 7.81. The lowest BCUT2D eigenvalue weighted by molar-refractivity contribution is 0.169. The summed E-state index contributed by atoms with van der Waals surface area (Å²) < 4.78 is 1.91. The van der Waals surface area contributed by atoms with Crippen molar-refractivity contribution in [2.45, 2.75) is 38.1 Å². The van der Waals surface area contributed by atoms with E-state index in [1.54, 1.807) is 0 Å². The quantitative estimate of drug-likeness (QED) is 0.817. The third kappa shape index (κ3) is 2.29. The third-order valence-electron chi connectivity index (χ3n) is 4.06. The normalized spacial score (nSPS) is 29.1. The van der Waals surface area contributed by atoms with Gasteiger partial charge < -0.3 is 5.32 Å². The second-order valence-electron chi connectivity index (χ2n) is 5.46. The fourth-order valence-corrected chi connectivity index (χ4v) is 2.62. The van der Waals surface area contributed by atoms with E-state index < -0.39 is 0 Å². The van der Waals surface area contributed by atoms with Gasteiger partial charge in [-0.05, 0) is 56.6 Å². The Labute approximate surface area is 97.2 Å². The van der Waals surface area contributed by atoms with Crippen LogP contribution in [0, 0.1) is 11.8 Å². The minimum atomic E-state index is 0.858. The highest BCUT2D eigenvalue weighted by Crippen LogP contribution is 2.36. The third-order valence-corrected chi connectivity index (χ3v) is 4.06. The SMILES string of the molecule is Cn1ccc(CC2CCC2CNC2CC2)n1. The number of nitrogens with zero attached hydrogens (tertiary/aromatic N) is 2. The van der Waals surface area contributed by atoms with Crippen molar-refractivity contribution in [3.63, 3.8) is 0 Å². The van der Waals surface area contributed by atoms with E-state index in [1.807, 2.05) is 17.9 Å². The highest BCUT2D eigenvalue weighted by Gasteiger charge is 2.32. The van der Waals surface area contributed by atoms with Crippen LogP contribution < -0.4 is 5.32 Å². The summed E-state index contributed by atoms with van der Waals surface area (Å²) in [6.45, 7) is 1.24. The molecule has 2 atom stereocenters. The number of aromatic nitrogens is 2. The highest BCUT2D eigenvalue weighted by molar-refractivity contribution is 5.02. The largest absolute Gasteiger partial charge is 0.314 e. The summed E-state index contributed by atoms with van der Waals surface area (Å²) in [6, 6.07) is 3.01. The van der Waals surface area contributed by atoms with Crippen LogP contribution in [0.2, 0.25) is 0 Å². The molecule has 2 aliphatic carbocycles. The van der Waals surface area contributed by atoms with Crippen molar-refractivity contribution in [3.05, 3.63) is 18.0 Å². The molecule has 3 heteroatoms. The Morgan fingerprint density at radius 1 is 1.31 bits per heavy atom. The molecule has 3 rings (SSSR count). The van der Waals surface area contributed by atoms with E-state index in [4.69, 9.17) is 0 Å². The molecule has 1 N–H and O–H groups in total. The molecule has 1 aromatic heterocycles. The molecule has 3 nitrogen and oxygen atoms in total. The first-order valence-electron chi connectivity index (χ1n) is 6.53. The second kappa shape index (κ2) is 4.21. The average Bonchev–Trinajstić information content (AvgIpc) is 2.97. The number of aryl methyl sites for hydroxylation is 1. The lowest BCUT2D eigenvalue weighted by Crippen LogP contribution is -2.37. The minimum Gasteiger partial charge on any atom is -0.314 e. The molecule has 2 unspecified atom stereocenters. The second-order valence-corrected chi connectivity index (χ2v) is 5.46. The Hall–Kier alpha value is -0.830. The molecule has 0 aliphatic heterocycles. The lowest BCUT2D eigenvalue weighted by atomic mass is 9.71. The maximum Gasteiger partial charge on any atom is 0.0627 e. The summed E-state index contributed by atoms with van der Waals surface area (Å²) >= 11 is 0. The molecule has 0 amide bonds. The molecule has 0 spiro atoms. The summed E-state index contributed by atoms with van der Waals surface area (Å²) in [5.41, 5.74) is 1.27. The number of hydrogen-bond acceptors (Lipinski definition) is 2. The van der Waals surface area contributed by atoms with Gasteiger partial charge in [0.2, 0.25) is 0 Å². The predicted octanol–water partition coefficient (Wildman–Crippen LogP) is 1.74. The van der Waals surface area contributed by atoms with Crippen LogP contribution in [0.3, 0.4) is 0 Å². The molecule has 0 radical (unpaired) electrons. The first-order valence-corrected chi connectivity index (χ1v) is 6.53. The van der Waals surface area contributed by atoms with Gasteiger partial charge in [0.25, 0.3) is 0 Å². The van der Waals surface area contributed by atoms with E-state index in [9.17, 15) is 0 Å². The molecule has 0 bridgehead atoms. The Kier molecular flexibility index (Phi) is 2.72. The molecular formula is C13H21N3. The van der Waals surface area contributed by atoms with Crippen LogP contribution in [0.1, 0.15) is 31.4 Å². The highest BCUT2D eigenvalue weighted by atomic mass is 15.2. The fourth-order valence-electron chi connectivity index (χ4n) is 2.62. The minimum absolute atomic E-state index is 0.858. The van der Waals surface area contributed by atoms with Crippen LogP contribution in [0.15, 0.2) is 12.3 Å². The zero-order valence-electron chi connectivity index (χ0n) is 10.0. The summed E-state index contributed by atoms with van der Waals surface area (Å²) in [5, 5.41) is 8.12. The summed E-state index contributed by atoms with van der Waals surface area (Å²) in [6.07, 6.45) is 8.84. The van der Waals surface area contributed by atoms with E-state index in [0.717, 1.165) is 17.9 Å². The van der Waals surface area contributed by atoms with Crippen molar-refractivity contribution in [2.75, 3.05) is 6.54 Å². The maximum atomic E-state index is 4.47. The molecule has 2 fully saturated rings. The summed E-state index contributed by atoms with van der Waals surface area (Å²) in [7, 11) is 2.00. The Morgan fingerprint density at radius 3 is 2.69 bits per heavy atom. The maximum absolute atomic E-state index is 4.47.